The summed E-state index contributed by atoms with van der Waals surface area (Å²) in [6, 6.07) is 1.65. The molecule has 1 aliphatic carbocycles. The quantitative estimate of drug-likeness (QED) is 0.722. The van der Waals surface area contributed by atoms with Gasteiger partial charge >= 0.3 is 0 Å². The van der Waals surface area contributed by atoms with Crippen LogP contribution in [0.2, 0.25) is 0 Å². The van der Waals surface area contributed by atoms with E-state index in [0.717, 1.165) is 18.0 Å². The van der Waals surface area contributed by atoms with Crippen LogP contribution < -0.4 is 5.32 Å². The van der Waals surface area contributed by atoms with Gasteiger partial charge in [-0.25, -0.2) is 0 Å². The molecule has 0 aromatic heterocycles. The summed E-state index contributed by atoms with van der Waals surface area (Å²) in [5.74, 6) is 0.984. The third-order valence-electron chi connectivity index (χ3n) is 3.96. The fraction of sp³-hybridized carbons (Fsp3) is 1.00. The number of likely N-dealkylation sites (N-methyl/N-ethyl adjacent to an activating group) is 1. The molecule has 1 N–H and O–H groups in total. The van der Waals surface area contributed by atoms with E-state index in [-0.39, 0.29) is 0 Å². The molecule has 0 bridgehead atoms. The van der Waals surface area contributed by atoms with E-state index in [9.17, 15) is 0 Å². The molecule has 0 spiro atoms. The van der Waals surface area contributed by atoms with E-state index >= 15 is 0 Å². The van der Waals surface area contributed by atoms with Crippen molar-refractivity contribution in [3.63, 3.8) is 0 Å². The van der Waals surface area contributed by atoms with Crippen molar-refractivity contribution < 1.29 is 0 Å². The van der Waals surface area contributed by atoms with Gasteiger partial charge in [-0.3, -0.25) is 4.90 Å². The van der Waals surface area contributed by atoms with Crippen LogP contribution in [0.25, 0.3) is 0 Å². The van der Waals surface area contributed by atoms with E-state index in [1.807, 2.05) is 0 Å². The monoisotopic (exact) mass is 196 g/mol. The maximum absolute atomic E-state index is 3.49. The van der Waals surface area contributed by atoms with Gasteiger partial charge in [-0.1, -0.05) is 6.92 Å². The summed E-state index contributed by atoms with van der Waals surface area (Å²) in [6.07, 6.45) is 7.09. The highest BCUT2D eigenvalue weighted by molar-refractivity contribution is 4.90. The lowest BCUT2D eigenvalue weighted by Gasteiger charge is -2.28. The fourth-order valence-corrected chi connectivity index (χ4v) is 2.83. The molecule has 2 nitrogen and oxygen atoms in total. The lowest BCUT2D eigenvalue weighted by Crippen LogP contribution is -2.42. The van der Waals surface area contributed by atoms with Crippen molar-refractivity contribution in [2.75, 3.05) is 20.1 Å². The fourth-order valence-electron chi connectivity index (χ4n) is 2.83. The lowest BCUT2D eigenvalue weighted by atomic mass is 10.1. The number of likely N-dealkylation sites (tertiary alicyclic amines) is 1. The van der Waals surface area contributed by atoms with Crippen molar-refractivity contribution >= 4 is 0 Å². The molecule has 2 rings (SSSR count). The average Bonchev–Trinajstić information content (AvgIpc) is 2.95. The maximum atomic E-state index is 3.49. The second-order valence-electron chi connectivity index (χ2n) is 4.93. The molecule has 1 saturated carbocycles. The van der Waals surface area contributed by atoms with Gasteiger partial charge in [0.25, 0.3) is 0 Å². The van der Waals surface area contributed by atoms with Crippen LogP contribution in [-0.2, 0) is 0 Å². The largest absolute Gasteiger partial charge is 0.315 e. The zero-order chi connectivity index (χ0) is 9.97. The zero-order valence-corrected chi connectivity index (χ0v) is 9.63. The first-order valence-electron chi connectivity index (χ1n) is 6.26. The van der Waals surface area contributed by atoms with Gasteiger partial charge in [0.1, 0.15) is 0 Å². The topological polar surface area (TPSA) is 15.3 Å². The van der Waals surface area contributed by atoms with Gasteiger partial charge in [0, 0.05) is 18.6 Å². The Kier molecular flexibility index (Phi) is 3.45. The van der Waals surface area contributed by atoms with Crippen molar-refractivity contribution in [1.82, 2.24) is 10.2 Å². The molecule has 2 heteroatoms. The summed E-state index contributed by atoms with van der Waals surface area (Å²) in [5, 5.41) is 3.49. The van der Waals surface area contributed by atoms with Crippen LogP contribution in [0.4, 0.5) is 0 Å². The summed E-state index contributed by atoms with van der Waals surface area (Å²) in [4.78, 5) is 2.71. The Balaban J connectivity index is 1.81. The summed E-state index contributed by atoms with van der Waals surface area (Å²) < 4.78 is 0. The first-order valence-corrected chi connectivity index (χ1v) is 6.26. The van der Waals surface area contributed by atoms with Crippen molar-refractivity contribution in [3.8, 4) is 0 Å². The Morgan fingerprint density at radius 3 is 2.71 bits per heavy atom. The Morgan fingerprint density at radius 2 is 2.14 bits per heavy atom. The minimum Gasteiger partial charge on any atom is -0.315 e. The lowest BCUT2D eigenvalue weighted by molar-refractivity contribution is 0.215. The molecule has 0 radical (unpaired) electrons. The first kappa shape index (κ1) is 10.4. The molecule has 0 aromatic rings. The molecule has 1 heterocycles. The van der Waals surface area contributed by atoms with Gasteiger partial charge in [0.15, 0.2) is 0 Å². The van der Waals surface area contributed by atoms with Gasteiger partial charge in [-0.2, -0.15) is 0 Å². The average molecular weight is 196 g/mol. The summed E-state index contributed by atoms with van der Waals surface area (Å²) in [5.41, 5.74) is 0. The minimum atomic E-state index is 0.766. The highest BCUT2D eigenvalue weighted by Gasteiger charge is 2.33. The Morgan fingerprint density at radius 1 is 1.36 bits per heavy atom. The maximum Gasteiger partial charge on any atom is 0.0220 e. The predicted octanol–water partition coefficient (Wildman–Crippen LogP) is 1.86. The third-order valence-corrected chi connectivity index (χ3v) is 3.96. The summed E-state index contributed by atoms with van der Waals surface area (Å²) in [6.45, 7) is 4.96. The molecule has 2 aliphatic rings. The number of hydrogen-bond acceptors (Lipinski definition) is 2. The van der Waals surface area contributed by atoms with Gasteiger partial charge < -0.3 is 5.32 Å². The predicted molar refractivity (Wildman–Crippen MR) is 60.5 cm³/mol. The minimum absolute atomic E-state index is 0.766. The van der Waals surface area contributed by atoms with E-state index in [2.05, 4.69) is 24.2 Å². The molecule has 14 heavy (non-hydrogen) atoms. The SMILES string of the molecule is CCC1CCCN1CC(NC)C1CC1. The van der Waals surface area contributed by atoms with Crippen LogP contribution >= 0.6 is 0 Å². The van der Waals surface area contributed by atoms with Crippen molar-refractivity contribution in [2.45, 2.75) is 51.1 Å². The second-order valence-corrected chi connectivity index (χ2v) is 4.93. The van der Waals surface area contributed by atoms with Crippen LogP contribution in [0, 0.1) is 5.92 Å². The standard InChI is InChI=1S/C12H24N2/c1-3-11-5-4-8-14(11)9-12(13-2)10-6-7-10/h10-13H,3-9H2,1-2H3. The second kappa shape index (κ2) is 4.63. The van der Waals surface area contributed by atoms with Crippen LogP contribution in [0.15, 0.2) is 0 Å². The molecule has 1 saturated heterocycles. The van der Waals surface area contributed by atoms with Crippen LogP contribution in [0.3, 0.4) is 0 Å². The number of hydrogen-bond donors (Lipinski definition) is 1. The van der Waals surface area contributed by atoms with E-state index in [4.69, 9.17) is 0 Å². The van der Waals surface area contributed by atoms with E-state index in [0.29, 0.717) is 0 Å². The molecule has 2 unspecified atom stereocenters. The third kappa shape index (κ3) is 2.29. The first-order chi connectivity index (χ1) is 6.85. The molecular weight excluding hydrogens is 172 g/mol. The van der Waals surface area contributed by atoms with Gasteiger partial charge in [-0.05, 0) is 51.6 Å². The smallest absolute Gasteiger partial charge is 0.0220 e. The molecule has 0 aromatic carbocycles. The summed E-state index contributed by atoms with van der Waals surface area (Å²) >= 11 is 0. The Hall–Kier alpha value is -0.0800. The highest BCUT2D eigenvalue weighted by atomic mass is 15.2. The zero-order valence-electron chi connectivity index (χ0n) is 9.63. The Labute approximate surface area is 88.1 Å². The number of rotatable bonds is 5. The van der Waals surface area contributed by atoms with Crippen molar-refractivity contribution in [3.05, 3.63) is 0 Å². The van der Waals surface area contributed by atoms with Crippen LogP contribution in [-0.4, -0.2) is 37.1 Å². The molecule has 82 valence electrons. The van der Waals surface area contributed by atoms with E-state index in [1.165, 1.54) is 45.2 Å². The normalized spacial score (nSPS) is 30.9. The number of nitrogens with one attached hydrogen (secondary N) is 1. The van der Waals surface area contributed by atoms with E-state index in [1.54, 1.807) is 0 Å². The molecular formula is C12H24N2. The van der Waals surface area contributed by atoms with Gasteiger partial charge in [0.2, 0.25) is 0 Å². The molecule has 1 aliphatic heterocycles. The van der Waals surface area contributed by atoms with Gasteiger partial charge in [0.05, 0.1) is 0 Å². The molecule has 0 amide bonds. The molecule has 2 fully saturated rings. The number of nitrogens with zero attached hydrogens (tertiary/aromatic N) is 1. The van der Waals surface area contributed by atoms with Crippen LogP contribution in [0.5, 0.6) is 0 Å². The van der Waals surface area contributed by atoms with E-state index < -0.39 is 0 Å². The Bertz CT molecular complexity index is 177. The van der Waals surface area contributed by atoms with Gasteiger partial charge in [-0.15, -0.1) is 0 Å². The van der Waals surface area contributed by atoms with Crippen molar-refractivity contribution in [2.24, 2.45) is 5.92 Å². The molecule has 2 atom stereocenters. The summed E-state index contributed by atoms with van der Waals surface area (Å²) in [7, 11) is 2.13. The van der Waals surface area contributed by atoms with Crippen LogP contribution in [0.1, 0.15) is 39.0 Å². The van der Waals surface area contributed by atoms with Crippen molar-refractivity contribution in [1.29, 1.82) is 0 Å². The highest BCUT2D eigenvalue weighted by Crippen LogP contribution is 2.33.